The number of rotatable bonds is 2. The van der Waals surface area contributed by atoms with E-state index in [-0.39, 0.29) is 0 Å². The summed E-state index contributed by atoms with van der Waals surface area (Å²) in [5.74, 6) is 1.98. The fourth-order valence-electron chi connectivity index (χ4n) is 5.89. The minimum absolute atomic E-state index is 0.854. The fourth-order valence-corrected chi connectivity index (χ4v) is 7.60. The lowest BCUT2D eigenvalue weighted by Gasteiger charge is -2.15. The second kappa shape index (κ2) is 7.24. The molecule has 0 radical (unpaired) electrons. The first kappa shape index (κ1) is 20.0. The highest BCUT2D eigenvalue weighted by Crippen LogP contribution is 2.46. The van der Waals surface area contributed by atoms with E-state index in [0.29, 0.717) is 0 Å². The Kier molecular flexibility index (Phi) is 3.92. The van der Waals surface area contributed by atoms with Crippen LogP contribution < -0.4 is 0 Å². The maximum absolute atomic E-state index is 6.76. The van der Waals surface area contributed by atoms with E-state index in [4.69, 9.17) is 13.2 Å². The van der Waals surface area contributed by atoms with Crippen LogP contribution in [-0.4, -0.2) is 27.8 Å². The molecule has 0 unspecified atom stereocenters. The molecule has 0 amide bonds. The van der Waals surface area contributed by atoms with Gasteiger partial charge in [-0.15, -0.1) is 0 Å². The van der Waals surface area contributed by atoms with Crippen molar-refractivity contribution in [2.75, 3.05) is 0 Å². The van der Waals surface area contributed by atoms with Crippen LogP contribution in [0.5, 0.6) is 0 Å². The SMILES string of the molecule is c1cc(-c2nsc3c2-c2nccn2CC3)c2oc3c(-c4nsc5c4-c4nccn4CC5)cccc3c2c1. The summed E-state index contributed by atoms with van der Waals surface area (Å²) >= 11 is 3.15. The van der Waals surface area contributed by atoms with Gasteiger partial charge in [-0.3, -0.25) is 0 Å². The average molecular weight is 519 g/mol. The second-order valence-electron chi connectivity index (χ2n) is 9.51. The summed E-state index contributed by atoms with van der Waals surface area (Å²) in [6.07, 6.45) is 9.79. The topological polar surface area (TPSA) is 74.6 Å². The van der Waals surface area contributed by atoms with Crippen LogP contribution in [0, 0.1) is 0 Å². The van der Waals surface area contributed by atoms with Crippen molar-refractivity contribution >= 4 is 45.0 Å². The van der Waals surface area contributed by atoms with Gasteiger partial charge in [0, 0.05) is 82.4 Å². The first-order valence-corrected chi connectivity index (χ1v) is 13.8. The molecule has 7 aromatic rings. The van der Waals surface area contributed by atoms with E-state index in [1.165, 1.54) is 9.75 Å². The molecular formula is C28H18N6OS2. The van der Waals surface area contributed by atoms with Crippen molar-refractivity contribution in [1.82, 2.24) is 27.8 Å². The summed E-state index contributed by atoms with van der Waals surface area (Å²) in [7, 11) is 0. The monoisotopic (exact) mass is 518 g/mol. The van der Waals surface area contributed by atoms with Gasteiger partial charge in [-0.1, -0.05) is 24.3 Å². The maximum Gasteiger partial charge on any atom is 0.144 e. The number of hydrogen-bond donors (Lipinski definition) is 0. The fraction of sp³-hybridized carbons (Fsp3) is 0.143. The van der Waals surface area contributed by atoms with Gasteiger partial charge in [0.15, 0.2) is 0 Å². The van der Waals surface area contributed by atoms with Gasteiger partial charge in [-0.05, 0) is 35.2 Å². The number of benzene rings is 2. The summed E-state index contributed by atoms with van der Waals surface area (Å²) in [4.78, 5) is 11.9. The van der Waals surface area contributed by atoms with Gasteiger partial charge in [-0.2, -0.15) is 8.75 Å². The van der Waals surface area contributed by atoms with Crippen LogP contribution in [0.2, 0.25) is 0 Å². The van der Waals surface area contributed by atoms with E-state index in [1.807, 2.05) is 24.8 Å². The summed E-state index contributed by atoms with van der Waals surface area (Å²) in [6.45, 7) is 1.89. The molecule has 0 saturated carbocycles. The van der Waals surface area contributed by atoms with Gasteiger partial charge in [0.05, 0.1) is 22.5 Å². The molecule has 7 heterocycles. The largest absolute Gasteiger partial charge is 0.455 e. The lowest BCUT2D eigenvalue weighted by Crippen LogP contribution is -2.08. The molecule has 0 saturated heterocycles. The van der Waals surface area contributed by atoms with Crippen LogP contribution in [0.25, 0.3) is 67.2 Å². The molecule has 9 heteroatoms. The first-order chi connectivity index (χ1) is 18.3. The van der Waals surface area contributed by atoms with Crippen molar-refractivity contribution in [3.8, 4) is 45.3 Å². The Hall–Kier alpha value is -4.08. The van der Waals surface area contributed by atoms with Gasteiger partial charge in [-0.25, -0.2) is 9.97 Å². The van der Waals surface area contributed by atoms with Gasteiger partial charge >= 0.3 is 0 Å². The van der Waals surface area contributed by atoms with Crippen molar-refractivity contribution < 1.29 is 4.42 Å². The van der Waals surface area contributed by atoms with Crippen LogP contribution in [0.4, 0.5) is 0 Å². The summed E-state index contributed by atoms with van der Waals surface area (Å²) in [5, 5.41) is 2.17. The van der Waals surface area contributed by atoms with Crippen LogP contribution >= 0.6 is 23.1 Å². The molecular weight excluding hydrogens is 500 g/mol. The van der Waals surface area contributed by atoms with Crippen LogP contribution in [0.3, 0.4) is 0 Å². The van der Waals surface area contributed by atoms with Crippen molar-refractivity contribution in [3.05, 3.63) is 70.9 Å². The Labute approximate surface area is 219 Å². The molecule has 5 aromatic heterocycles. The molecule has 0 spiro atoms. The van der Waals surface area contributed by atoms with Gasteiger partial charge in [0.25, 0.3) is 0 Å². The molecule has 37 heavy (non-hydrogen) atoms. The minimum Gasteiger partial charge on any atom is -0.455 e. The van der Waals surface area contributed by atoms with Crippen molar-refractivity contribution in [3.63, 3.8) is 0 Å². The molecule has 0 N–H and O–H groups in total. The molecule has 2 aliphatic rings. The Morgan fingerprint density at radius 3 is 1.70 bits per heavy atom. The molecule has 0 atom stereocenters. The molecule has 0 aliphatic carbocycles. The molecule has 2 aliphatic heterocycles. The summed E-state index contributed by atoms with van der Waals surface area (Å²) in [5.41, 5.74) is 7.89. The Morgan fingerprint density at radius 2 is 1.19 bits per heavy atom. The van der Waals surface area contributed by atoms with Gasteiger partial charge < -0.3 is 13.6 Å². The Morgan fingerprint density at radius 1 is 0.676 bits per heavy atom. The molecule has 9 rings (SSSR count). The van der Waals surface area contributed by atoms with E-state index in [1.54, 1.807) is 23.1 Å². The third-order valence-electron chi connectivity index (χ3n) is 7.60. The highest BCUT2D eigenvalue weighted by molar-refractivity contribution is 7.07. The third-order valence-corrected chi connectivity index (χ3v) is 9.40. The number of aryl methyl sites for hydroxylation is 4. The minimum atomic E-state index is 0.854. The Bertz CT molecular complexity index is 1880. The van der Waals surface area contributed by atoms with E-state index in [9.17, 15) is 0 Å². The van der Waals surface area contributed by atoms with Gasteiger partial charge in [0.2, 0.25) is 0 Å². The first-order valence-electron chi connectivity index (χ1n) is 12.3. The highest BCUT2D eigenvalue weighted by atomic mass is 32.1. The predicted octanol–water partition coefficient (Wildman–Crippen LogP) is 6.67. The molecule has 0 fully saturated rings. The van der Waals surface area contributed by atoms with Crippen molar-refractivity contribution in [2.45, 2.75) is 25.9 Å². The number of nitrogens with zero attached hydrogens (tertiary/aromatic N) is 6. The van der Waals surface area contributed by atoms with Crippen LogP contribution in [-0.2, 0) is 25.9 Å². The number of hydrogen-bond acceptors (Lipinski definition) is 7. The number of furan rings is 1. The second-order valence-corrected chi connectivity index (χ2v) is 11.2. The third kappa shape index (κ3) is 2.65. The van der Waals surface area contributed by atoms with E-state index < -0.39 is 0 Å². The zero-order valence-corrected chi connectivity index (χ0v) is 21.1. The summed E-state index contributed by atoms with van der Waals surface area (Å²) in [6, 6.07) is 12.7. The normalized spacial score (nSPS) is 14.1. The van der Waals surface area contributed by atoms with E-state index in [2.05, 4.69) is 55.5 Å². The summed E-state index contributed by atoms with van der Waals surface area (Å²) < 4.78 is 21.0. The standard InChI is InChI=1S/C28H18N6OS2/c1-3-15-16-4-2-6-18(24-22-20(37-32-24)8-12-34-14-10-30-28(22)34)26(16)35-25(15)17(5-1)23-21-19(36-31-23)7-11-33-13-9-29-27(21)33/h1-6,9-10,13-14H,7-8,11-12H2. The van der Waals surface area contributed by atoms with Crippen LogP contribution in [0.15, 0.2) is 65.6 Å². The molecule has 7 nitrogen and oxygen atoms in total. The van der Waals surface area contributed by atoms with Crippen LogP contribution in [0.1, 0.15) is 9.75 Å². The zero-order valence-electron chi connectivity index (χ0n) is 19.5. The average Bonchev–Trinajstić information content (AvgIpc) is 3.75. The number of aromatic nitrogens is 6. The molecule has 0 bridgehead atoms. The highest BCUT2D eigenvalue weighted by Gasteiger charge is 2.29. The predicted molar refractivity (Wildman–Crippen MR) is 146 cm³/mol. The number of fused-ring (bicyclic) bond motifs is 9. The lowest BCUT2D eigenvalue weighted by molar-refractivity contribution is 0.670. The number of imidazole rings is 2. The lowest BCUT2D eigenvalue weighted by atomic mass is 9.99. The van der Waals surface area contributed by atoms with Crippen molar-refractivity contribution in [2.24, 2.45) is 0 Å². The van der Waals surface area contributed by atoms with Crippen molar-refractivity contribution in [1.29, 1.82) is 0 Å². The quantitative estimate of drug-likeness (QED) is 0.255. The number of para-hydroxylation sites is 2. The van der Waals surface area contributed by atoms with E-state index in [0.717, 1.165) is 93.2 Å². The zero-order chi connectivity index (χ0) is 24.1. The Balaban J connectivity index is 1.30. The smallest absolute Gasteiger partial charge is 0.144 e. The molecule has 2 aromatic carbocycles. The molecule has 178 valence electrons. The van der Waals surface area contributed by atoms with E-state index >= 15 is 0 Å². The van der Waals surface area contributed by atoms with Gasteiger partial charge in [0.1, 0.15) is 22.8 Å². The maximum atomic E-state index is 6.76.